The van der Waals surface area contributed by atoms with Gasteiger partial charge in [0, 0.05) is 11.6 Å². The van der Waals surface area contributed by atoms with Gasteiger partial charge in [0.2, 0.25) is 5.43 Å². The smallest absolute Gasteiger partial charge is 0.339 e. The molecule has 0 spiro atoms. The van der Waals surface area contributed by atoms with E-state index >= 15 is 0 Å². The molecule has 6 nitrogen and oxygen atoms in total. The number of aromatic nitrogens is 1. The number of fused-ring (bicyclic) bond motifs is 1. The summed E-state index contributed by atoms with van der Waals surface area (Å²) in [5.41, 5.74) is -1.98. The SMILES string of the molecule is O=C(O)c1cc2cccnc2cc(C(=O)O)c1=O. The molecule has 90 valence electrons. The standard InChI is InChI=1S/C12H7NO5/c14-10-7(11(15)16)4-6-2-1-3-13-9(6)5-8(10)12(17)18/h1-5H,(H,15,16)(H,17,18). The van der Waals surface area contributed by atoms with Crippen LogP contribution in [0.4, 0.5) is 0 Å². The minimum atomic E-state index is -1.48. The van der Waals surface area contributed by atoms with Gasteiger partial charge < -0.3 is 10.2 Å². The van der Waals surface area contributed by atoms with Crippen molar-refractivity contribution in [3.63, 3.8) is 0 Å². The van der Waals surface area contributed by atoms with Crippen molar-refractivity contribution in [1.29, 1.82) is 0 Å². The van der Waals surface area contributed by atoms with E-state index in [1.54, 1.807) is 12.1 Å². The molecule has 6 heteroatoms. The molecule has 0 fully saturated rings. The van der Waals surface area contributed by atoms with E-state index in [1.807, 2.05) is 0 Å². The first-order valence-corrected chi connectivity index (χ1v) is 4.90. The fourth-order valence-electron chi connectivity index (χ4n) is 1.56. The van der Waals surface area contributed by atoms with Gasteiger partial charge in [0.05, 0.1) is 5.52 Å². The van der Waals surface area contributed by atoms with Crippen LogP contribution in [-0.4, -0.2) is 27.1 Å². The van der Waals surface area contributed by atoms with Crippen LogP contribution >= 0.6 is 0 Å². The van der Waals surface area contributed by atoms with Gasteiger partial charge in [-0.1, -0.05) is 6.07 Å². The highest BCUT2D eigenvalue weighted by Crippen LogP contribution is 2.11. The van der Waals surface area contributed by atoms with Crippen molar-refractivity contribution in [2.75, 3.05) is 0 Å². The predicted octanol–water partition coefficient (Wildman–Crippen LogP) is 0.991. The van der Waals surface area contributed by atoms with Crippen LogP contribution in [0.5, 0.6) is 0 Å². The van der Waals surface area contributed by atoms with Crippen LogP contribution in [0.1, 0.15) is 20.7 Å². The molecule has 0 amide bonds. The van der Waals surface area contributed by atoms with Gasteiger partial charge in [-0.05, 0) is 18.2 Å². The maximum atomic E-state index is 11.8. The summed E-state index contributed by atoms with van der Waals surface area (Å²) < 4.78 is 0. The molecule has 0 saturated heterocycles. The van der Waals surface area contributed by atoms with Gasteiger partial charge in [0.1, 0.15) is 11.1 Å². The normalized spacial score (nSPS) is 10.2. The van der Waals surface area contributed by atoms with Crippen molar-refractivity contribution >= 4 is 22.8 Å². The number of carbonyl (C=O) groups is 2. The lowest BCUT2D eigenvalue weighted by atomic mass is 10.2. The number of aromatic carboxylic acids is 2. The Kier molecular flexibility index (Phi) is 2.77. The number of hydrogen-bond acceptors (Lipinski definition) is 4. The molecule has 0 atom stereocenters. The summed E-state index contributed by atoms with van der Waals surface area (Å²) in [7, 11) is 0. The average Bonchev–Trinajstić information content (AvgIpc) is 2.46. The zero-order valence-electron chi connectivity index (χ0n) is 8.95. The van der Waals surface area contributed by atoms with Crippen LogP contribution in [0.15, 0.2) is 35.3 Å². The van der Waals surface area contributed by atoms with Crippen molar-refractivity contribution in [2.45, 2.75) is 0 Å². The Bertz CT molecular complexity index is 664. The van der Waals surface area contributed by atoms with Crippen molar-refractivity contribution in [2.24, 2.45) is 0 Å². The Morgan fingerprint density at radius 2 is 1.67 bits per heavy atom. The fraction of sp³-hybridized carbons (Fsp3) is 0. The van der Waals surface area contributed by atoms with Crippen LogP contribution in [0.2, 0.25) is 0 Å². The lowest BCUT2D eigenvalue weighted by Gasteiger charge is -1.89. The Morgan fingerprint density at radius 1 is 1.06 bits per heavy atom. The zero-order valence-corrected chi connectivity index (χ0v) is 8.95. The molecule has 1 aromatic heterocycles. The van der Waals surface area contributed by atoms with Gasteiger partial charge in [-0.25, -0.2) is 9.59 Å². The maximum Gasteiger partial charge on any atom is 0.339 e. The third kappa shape index (κ3) is 1.91. The molecule has 18 heavy (non-hydrogen) atoms. The van der Waals surface area contributed by atoms with Crippen molar-refractivity contribution < 1.29 is 19.8 Å². The summed E-state index contributed by atoms with van der Waals surface area (Å²) in [6.45, 7) is 0. The van der Waals surface area contributed by atoms with E-state index in [0.717, 1.165) is 12.1 Å². The van der Waals surface area contributed by atoms with Gasteiger partial charge in [-0.15, -0.1) is 0 Å². The maximum absolute atomic E-state index is 11.8. The molecule has 1 aromatic carbocycles. The van der Waals surface area contributed by atoms with Crippen molar-refractivity contribution in [1.82, 2.24) is 4.98 Å². The molecule has 0 aliphatic heterocycles. The number of nitrogens with zero attached hydrogens (tertiary/aromatic N) is 1. The Hall–Kier alpha value is -2.76. The minimum Gasteiger partial charge on any atom is -0.478 e. The second-order valence-electron chi connectivity index (χ2n) is 3.53. The van der Waals surface area contributed by atoms with E-state index in [2.05, 4.69) is 4.98 Å². The molecule has 1 heterocycles. The summed E-state index contributed by atoms with van der Waals surface area (Å²) in [5, 5.41) is 18.2. The highest BCUT2D eigenvalue weighted by molar-refractivity contribution is 5.97. The lowest BCUT2D eigenvalue weighted by molar-refractivity contribution is 0.0695. The predicted molar refractivity (Wildman–Crippen MR) is 61.9 cm³/mol. The number of hydrogen-bond donors (Lipinski definition) is 2. The molecule has 2 rings (SSSR count). The van der Waals surface area contributed by atoms with E-state index < -0.39 is 28.5 Å². The van der Waals surface area contributed by atoms with Crippen LogP contribution < -0.4 is 5.43 Å². The monoisotopic (exact) mass is 245 g/mol. The number of carboxylic acids is 2. The molecule has 2 aromatic rings. The quantitative estimate of drug-likeness (QED) is 0.817. The number of rotatable bonds is 2. The lowest BCUT2D eigenvalue weighted by Crippen LogP contribution is -2.19. The molecule has 0 aliphatic carbocycles. The van der Waals surface area contributed by atoms with E-state index in [-0.39, 0.29) is 5.52 Å². The van der Waals surface area contributed by atoms with Crippen molar-refractivity contribution in [3.8, 4) is 0 Å². The highest BCUT2D eigenvalue weighted by atomic mass is 16.4. The zero-order chi connectivity index (χ0) is 13.3. The summed E-state index contributed by atoms with van der Waals surface area (Å²) in [6, 6.07) is 5.32. The number of pyridine rings is 1. The molecule has 0 aliphatic rings. The molecule has 0 unspecified atom stereocenters. The first kappa shape index (κ1) is 11.7. The summed E-state index contributed by atoms with van der Waals surface area (Å²) in [4.78, 5) is 37.6. The first-order valence-electron chi connectivity index (χ1n) is 4.90. The largest absolute Gasteiger partial charge is 0.478 e. The van der Waals surface area contributed by atoms with Crippen LogP contribution in [-0.2, 0) is 0 Å². The second-order valence-corrected chi connectivity index (χ2v) is 3.53. The average molecular weight is 245 g/mol. The van der Waals surface area contributed by atoms with Crippen LogP contribution in [0.3, 0.4) is 0 Å². The minimum absolute atomic E-state index is 0.250. The van der Waals surface area contributed by atoms with Gasteiger partial charge in [0.15, 0.2) is 0 Å². The van der Waals surface area contributed by atoms with Gasteiger partial charge in [0.25, 0.3) is 0 Å². The topological polar surface area (TPSA) is 105 Å². The Labute approximate surface area is 100 Å². The molecular formula is C12H7NO5. The van der Waals surface area contributed by atoms with Crippen LogP contribution in [0, 0.1) is 0 Å². The second kappa shape index (κ2) is 4.25. The van der Waals surface area contributed by atoms with Gasteiger partial charge >= 0.3 is 11.9 Å². The van der Waals surface area contributed by atoms with Crippen molar-refractivity contribution in [3.05, 3.63) is 51.8 Å². The molecule has 0 radical (unpaired) electrons. The summed E-state index contributed by atoms with van der Waals surface area (Å²) in [6.07, 6.45) is 1.43. The van der Waals surface area contributed by atoms with Gasteiger partial charge in [-0.2, -0.15) is 0 Å². The third-order valence-corrected chi connectivity index (χ3v) is 2.40. The van der Waals surface area contributed by atoms with E-state index in [9.17, 15) is 14.4 Å². The van der Waals surface area contributed by atoms with Gasteiger partial charge in [-0.3, -0.25) is 9.78 Å². The molecule has 0 bridgehead atoms. The third-order valence-electron chi connectivity index (χ3n) is 2.40. The summed E-state index contributed by atoms with van der Waals surface area (Å²) >= 11 is 0. The molecular weight excluding hydrogens is 238 g/mol. The fourth-order valence-corrected chi connectivity index (χ4v) is 1.56. The Morgan fingerprint density at radius 3 is 2.28 bits per heavy atom. The van der Waals surface area contributed by atoms with E-state index in [0.29, 0.717) is 5.39 Å². The Balaban J connectivity index is 3.03. The van der Waals surface area contributed by atoms with E-state index in [1.165, 1.54) is 6.20 Å². The molecule has 2 N–H and O–H groups in total. The first-order chi connectivity index (χ1) is 8.50. The molecule has 0 saturated carbocycles. The van der Waals surface area contributed by atoms with E-state index in [4.69, 9.17) is 10.2 Å². The number of carboxylic acid groups (broad SMARTS) is 2. The van der Waals surface area contributed by atoms with Crippen LogP contribution in [0.25, 0.3) is 10.9 Å². The highest BCUT2D eigenvalue weighted by Gasteiger charge is 2.16. The summed E-state index contributed by atoms with van der Waals surface area (Å²) in [5.74, 6) is -2.95.